The number of nitrogens with zero attached hydrogens (tertiary/aromatic N) is 2. The summed E-state index contributed by atoms with van der Waals surface area (Å²) in [6, 6.07) is 5.12. The molecule has 0 amide bonds. The van der Waals surface area contributed by atoms with Gasteiger partial charge in [0.05, 0.1) is 5.69 Å². The highest BCUT2D eigenvalue weighted by molar-refractivity contribution is 5.56. The van der Waals surface area contributed by atoms with E-state index in [2.05, 4.69) is 9.97 Å². The van der Waals surface area contributed by atoms with Crippen LogP contribution in [-0.4, -0.2) is 14.5 Å². The quantitative estimate of drug-likeness (QED) is 0.833. The zero-order valence-electron chi connectivity index (χ0n) is 9.09. The van der Waals surface area contributed by atoms with Crippen molar-refractivity contribution in [1.82, 2.24) is 14.5 Å². The summed E-state index contributed by atoms with van der Waals surface area (Å²) in [5, 5.41) is 0. The zero-order chi connectivity index (χ0) is 11.8. The minimum Gasteiger partial charge on any atom is -0.307 e. The number of aromatic nitrogens is 3. The Kier molecular flexibility index (Phi) is 2.18. The van der Waals surface area contributed by atoms with Crippen LogP contribution in [0.3, 0.4) is 0 Å². The van der Waals surface area contributed by atoms with Gasteiger partial charge in [-0.05, 0) is 25.0 Å². The molecule has 0 atom stereocenters. The van der Waals surface area contributed by atoms with Crippen molar-refractivity contribution in [1.29, 1.82) is 0 Å². The largest absolute Gasteiger partial charge is 0.329 e. The predicted molar refractivity (Wildman–Crippen MR) is 62.8 cm³/mol. The second kappa shape index (κ2) is 3.69. The first-order valence-electron chi connectivity index (χ1n) is 5.52. The third kappa shape index (κ3) is 1.80. The van der Waals surface area contributed by atoms with Crippen molar-refractivity contribution in [2.24, 2.45) is 0 Å². The van der Waals surface area contributed by atoms with Crippen LogP contribution in [0.4, 0.5) is 0 Å². The van der Waals surface area contributed by atoms with E-state index in [0.717, 1.165) is 18.4 Å². The molecular formula is C12H11N3O2. The van der Waals surface area contributed by atoms with E-state index in [1.165, 1.54) is 10.6 Å². The summed E-state index contributed by atoms with van der Waals surface area (Å²) in [5.41, 5.74) is 0.684. The van der Waals surface area contributed by atoms with Gasteiger partial charge in [-0.2, -0.15) is 0 Å². The van der Waals surface area contributed by atoms with Crippen LogP contribution < -0.4 is 11.2 Å². The van der Waals surface area contributed by atoms with E-state index < -0.39 is 0 Å². The van der Waals surface area contributed by atoms with Crippen molar-refractivity contribution in [2.45, 2.75) is 18.9 Å². The van der Waals surface area contributed by atoms with Crippen LogP contribution in [0.2, 0.25) is 0 Å². The smallest absolute Gasteiger partial charge is 0.307 e. The lowest BCUT2D eigenvalue weighted by molar-refractivity contribution is 0.656. The molecule has 0 radical (unpaired) electrons. The monoisotopic (exact) mass is 229 g/mol. The third-order valence-corrected chi connectivity index (χ3v) is 2.85. The molecule has 1 fully saturated rings. The molecule has 86 valence electrons. The molecule has 1 aliphatic rings. The molecule has 5 nitrogen and oxygen atoms in total. The molecule has 0 bridgehead atoms. The van der Waals surface area contributed by atoms with Gasteiger partial charge in [-0.15, -0.1) is 0 Å². The van der Waals surface area contributed by atoms with E-state index in [9.17, 15) is 9.59 Å². The van der Waals surface area contributed by atoms with Crippen molar-refractivity contribution in [3.8, 4) is 11.3 Å². The van der Waals surface area contributed by atoms with Crippen LogP contribution in [0.15, 0.2) is 40.2 Å². The lowest BCUT2D eigenvalue weighted by Crippen LogP contribution is -2.34. The maximum atomic E-state index is 11.8. The highest BCUT2D eigenvalue weighted by atomic mass is 16.2. The Morgan fingerprint density at radius 1 is 1.35 bits per heavy atom. The standard InChI is InChI=1S/C12H11N3O2/c16-11-6-10(8-2-1-5-13-7-8)14-12(17)15(11)9-3-4-9/h1-2,5-7,9H,3-4H2,(H,14,17). The fourth-order valence-corrected chi connectivity index (χ4v) is 1.86. The summed E-state index contributed by atoms with van der Waals surface area (Å²) in [6.07, 6.45) is 5.09. The lowest BCUT2D eigenvalue weighted by Gasteiger charge is -2.04. The fourth-order valence-electron chi connectivity index (χ4n) is 1.86. The average Bonchev–Trinajstić information content (AvgIpc) is 3.14. The summed E-state index contributed by atoms with van der Waals surface area (Å²) >= 11 is 0. The van der Waals surface area contributed by atoms with Crippen LogP contribution in [0, 0.1) is 0 Å². The highest BCUT2D eigenvalue weighted by Crippen LogP contribution is 2.32. The number of aromatic amines is 1. The SMILES string of the molecule is O=c1cc(-c2cccnc2)[nH]c(=O)n1C1CC1. The molecule has 2 aromatic rings. The first-order valence-corrected chi connectivity index (χ1v) is 5.52. The third-order valence-electron chi connectivity index (χ3n) is 2.85. The Morgan fingerprint density at radius 3 is 2.76 bits per heavy atom. The Bertz CT molecular complexity index is 622. The van der Waals surface area contributed by atoms with E-state index in [-0.39, 0.29) is 17.3 Å². The molecule has 0 saturated heterocycles. The minimum atomic E-state index is -0.334. The topological polar surface area (TPSA) is 67.8 Å². The molecule has 2 aromatic heterocycles. The van der Waals surface area contributed by atoms with Gasteiger partial charge in [0, 0.05) is 30.1 Å². The maximum Gasteiger partial charge on any atom is 0.329 e. The number of hydrogen-bond donors (Lipinski definition) is 1. The molecule has 0 unspecified atom stereocenters. The normalized spacial score (nSPS) is 14.8. The van der Waals surface area contributed by atoms with E-state index in [0.29, 0.717) is 5.69 Å². The Morgan fingerprint density at radius 2 is 2.18 bits per heavy atom. The van der Waals surface area contributed by atoms with E-state index in [1.54, 1.807) is 24.5 Å². The first-order chi connectivity index (χ1) is 8.25. The molecule has 0 aliphatic heterocycles. The van der Waals surface area contributed by atoms with Crippen LogP contribution in [-0.2, 0) is 0 Å². The van der Waals surface area contributed by atoms with Crippen molar-refractivity contribution < 1.29 is 0 Å². The molecule has 17 heavy (non-hydrogen) atoms. The predicted octanol–water partition coefficient (Wildman–Crippen LogP) is 0.933. The van der Waals surface area contributed by atoms with E-state index in [1.807, 2.05) is 0 Å². The van der Waals surface area contributed by atoms with E-state index in [4.69, 9.17) is 0 Å². The summed E-state index contributed by atoms with van der Waals surface area (Å²) in [6.45, 7) is 0. The van der Waals surface area contributed by atoms with Crippen molar-refractivity contribution in [2.75, 3.05) is 0 Å². The summed E-state index contributed by atoms with van der Waals surface area (Å²) in [7, 11) is 0. The number of pyridine rings is 1. The number of rotatable bonds is 2. The van der Waals surface area contributed by atoms with E-state index >= 15 is 0 Å². The van der Waals surface area contributed by atoms with Crippen molar-refractivity contribution >= 4 is 0 Å². The fraction of sp³-hybridized carbons (Fsp3) is 0.250. The molecule has 1 saturated carbocycles. The summed E-state index contributed by atoms with van der Waals surface area (Å²) in [5.74, 6) is 0. The van der Waals surface area contributed by atoms with Gasteiger partial charge in [-0.25, -0.2) is 4.79 Å². The Labute approximate surface area is 96.8 Å². The molecule has 2 heterocycles. The van der Waals surface area contributed by atoms with Crippen LogP contribution in [0.1, 0.15) is 18.9 Å². The summed E-state index contributed by atoms with van der Waals surface area (Å²) < 4.78 is 1.29. The molecule has 3 rings (SSSR count). The van der Waals surface area contributed by atoms with Gasteiger partial charge in [0.25, 0.3) is 5.56 Å². The molecular weight excluding hydrogens is 218 g/mol. The van der Waals surface area contributed by atoms with Gasteiger partial charge in [-0.1, -0.05) is 0 Å². The average molecular weight is 229 g/mol. The van der Waals surface area contributed by atoms with Crippen LogP contribution in [0.5, 0.6) is 0 Å². The number of hydrogen-bond acceptors (Lipinski definition) is 3. The second-order valence-corrected chi connectivity index (χ2v) is 4.17. The maximum absolute atomic E-state index is 11.8. The van der Waals surface area contributed by atoms with Crippen molar-refractivity contribution in [3.05, 3.63) is 51.4 Å². The lowest BCUT2D eigenvalue weighted by atomic mass is 10.2. The van der Waals surface area contributed by atoms with Gasteiger partial charge in [-0.3, -0.25) is 14.3 Å². The van der Waals surface area contributed by atoms with Gasteiger partial charge in [0.15, 0.2) is 0 Å². The van der Waals surface area contributed by atoms with Crippen LogP contribution in [0.25, 0.3) is 11.3 Å². The van der Waals surface area contributed by atoms with Gasteiger partial charge < -0.3 is 4.98 Å². The van der Waals surface area contributed by atoms with Crippen LogP contribution >= 0.6 is 0 Å². The molecule has 0 aromatic carbocycles. The second-order valence-electron chi connectivity index (χ2n) is 4.17. The Balaban J connectivity index is 2.15. The van der Waals surface area contributed by atoms with Gasteiger partial charge in [0.2, 0.25) is 0 Å². The summed E-state index contributed by atoms with van der Waals surface area (Å²) in [4.78, 5) is 30.3. The number of H-pyrrole nitrogens is 1. The number of nitrogens with one attached hydrogen (secondary N) is 1. The molecule has 1 aliphatic carbocycles. The molecule has 1 N–H and O–H groups in total. The van der Waals surface area contributed by atoms with Crippen molar-refractivity contribution in [3.63, 3.8) is 0 Å². The first kappa shape index (κ1) is 10.0. The van der Waals surface area contributed by atoms with Gasteiger partial charge in [0.1, 0.15) is 0 Å². The minimum absolute atomic E-state index is 0.0919. The zero-order valence-corrected chi connectivity index (χ0v) is 9.09. The van der Waals surface area contributed by atoms with Gasteiger partial charge >= 0.3 is 5.69 Å². The highest BCUT2D eigenvalue weighted by Gasteiger charge is 2.26. The Hall–Kier alpha value is -2.17. The molecule has 5 heteroatoms. The molecule has 0 spiro atoms.